The smallest absolute Gasteiger partial charge is 0.230 e. The van der Waals surface area contributed by atoms with Gasteiger partial charge in [-0.2, -0.15) is 4.98 Å². The SMILES string of the molecule is Cc1csc2nc(Nc3ccc(N(C)CCN)cc3)nc(NC3(C)CC3)c12. The third-order valence-electron chi connectivity index (χ3n) is 5.07. The van der Waals surface area contributed by atoms with Crippen LogP contribution in [0, 0.1) is 6.92 Å². The zero-order valence-electron chi connectivity index (χ0n) is 16.0. The first-order valence-corrected chi connectivity index (χ1v) is 10.2. The van der Waals surface area contributed by atoms with Gasteiger partial charge in [-0.05, 0) is 61.9 Å². The maximum absolute atomic E-state index is 5.63. The summed E-state index contributed by atoms with van der Waals surface area (Å²) in [5.74, 6) is 1.56. The summed E-state index contributed by atoms with van der Waals surface area (Å²) in [5.41, 5.74) is 9.13. The van der Waals surface area contributed by atoms with Crippen LogP contribution >= 0.6 is 11.3 Å². The average molecular weight is 383 g/mol. The Labute approximate surface area is 163 Å². The van der Waals surface area contributed by atoms with Crippen molar-refractivity contribution in [2.75, 3.05) is 35.7 Å². The van der Waals surface area contributed by atoms with Crippen molar-refractivity contribution in [2.24, 2.45) is 5.73 Å². The summed E-state index contributed by atoms with van der Waals surface area (Å²) in [5, 5.41) is 10.3. The lowest BCUT2D eigenvalue weighted by atomic mass is 10.2. The van der Waals surface area contributed by atoms with Gasteiger partial charge in [0.2, 0.25) is 5.95 Å². The van der Waals surface area contributed by atoms with Gasteiger partial charge in [0.05, 0.1) is 5.39 Å². The molecule has 2 aromatic heterocycles. The zero-order chi connectivity index (χ0) is 19.0. The Balaban J connectivity index is 1.60. The summed E-state index contributed by atoms with van der Waals surface area (Å²) in [6.07, 6.45) is 2.37. The minimum atomic E-state index is 0.169. The minimum absolute atomic E-state index is 0.169. The number of likely N-dealkylation sites (N-methyl/N-ethyl adjacent to an activating group) is 1. The molecule has 4 rings (SSSR count). The predicted octanol–water partition coefficient (Wildman–Crippen LogP) is 4.10. The lowest BCUT2D eigenvalue weighted by Gasteiger charge is -2.18. The van der Waals surface area contributed by atoms with Gasteiger partial charge in [-0.3, -0.25) is 0 Å². The fourth-order valence-electron chi connectivity index (χ4n) is 3.08. The van der Waals surface area contributed by atoms with Crippen LogP contribution in [-0.2, 0) is 0 Å². The van der Waals surface area contributed by atoms with E-state index in [9.17, 15) is 0 Å². The molecule has 0 unspecified atom stereocenters. The van der Waals surface area contributed by atoms with Gasteiger partial charge in [0, 0.05) is 37.1 Å². The van der Waals surface area contributed by atoms with Crippen molar-refractivity contribution >= 4 is 44.7 Å². The number of hydrogen-bond acceptors (Lipinski definition) is 7. The zero-order valence-corrected chi connectivity index (χ0v) is 16.9. The summed E-state index contributed by atoms with van der Waals surface area (Å²) in [6, 6.07) is 8.25. The Bertz CT molecular complexity index is 945. The van der Waals surface area contributed by atoms with Crippen LogP contribution in [0.3, 0.4) is 0 Å². The van der Waals surface area contributed by atoms with Crippen molar-refractivity contribution in [2.45, 2.75) is 32.2 Å². The van der Waals surface area contributed by atoms with Crippen molar-refractivity contribution in [3.63, 3.8) is 0 Å². The molecule has 7 heteroatoms. The monoisotopic (exact) mass is 382 g/mol. The highest BCUT2D eigenvalue weighted by Crippen LogP contribution is 2.41. The van der Waals surface area contributed by atoms with Gasteiger partial charge in [0.1, 0.15) is 10.6 Å². The number of hydrogen-bond donors (Lipinski definition) is 3. The molecule has 0 amide bonds. The van der Waals surface area contributed by atoms with E-state index >= 15 is 0 Å². The maximum atomic E-state index is 5.63. The number of rotatable bonds is 7. The number of fused-ring (bicyclic) bond motifs is 1. The van der Waals surface area contributed by atoms with Crippen LogP contribution in [0.2, 0.25) is 0 Å². The van der Waals surface area contributed by atoms with E-state index in [4.69, 9.17) is 15.7 Å². The van der Waals surface area contributed by atoms with Gasteiger partial charge < -0.3 is 21.3 Å². The van der Waals surface area contributed by atoms with E-state index in [-0.39, 0.29) is 5.54 Å². The van der Waals surface area contributed by atoms with Crippen molar-refractivity contribution in [3.8, 4) is 0 Å². The summed E-state index contributed by atoms with van der Waals surface area (Å²) < 4.78 is 0. The lowest BCUT2D eigenvalue weighted by Crippen LogP contribution is -2.24. The highest BCUT2D eigenvalue weighted by atomic mass is 32.1. The fourth-order valence-corrected chi connectivity index (χ4v) is 4.00. The quantitative estimate of drug-likeness (QED) is 0.571. The molecule has 0 aliphatic heterocycles. The van der Waals surface area contributed by atoms with Gasteiger partial charge in [-0.25, -0.2) is 4.98 Å². The molecule has 142 valence electrons. The molecule has 3 aromatic rings. The second-order valence-electron chi connectivity index (χ2n) is 7.56. The molecule has 0 spiro atoms. The van der Waals surface area contributed by atoms with Crippen LogP contribution in [0.1, 0.15) is 25.3 Å². The van der Waals surface area contributed by atoms with E-state index in [2.05, 4.69) is 46.9 Å². The molecule has 6 nitrogen and oxygen atoms in total. The minimum Gasteiger partial charge on any atom is -0.373 e. The first kappa shape index (κ1) is 18.0. The molecule has 0 radical (unpaired) electrons. The average Bonchev–Trinajstić information content (AvgIpc) is 3.24. The summed E-state index contributed by atoms with van der Waals surface area (Å²) in [6.45, 7) is 5.83. The van der Waals surface area contributed by atoms with Crippen LogP contribution in [0.15, 0.2) is 29.6 Å². The highest BCUT2D eigenvalue weighted by molar-refractivity contribution is 7.17. The Morgan fingerprint density at radius 2 is 1.96 bits per heavy atom. The summed E-state index contributed by atoms with van der Waals surface area (Å²) >= 11 is 1.66. The molecular weight excluding hydrogens is 356 g/mol. The van der Waals surface area contributed by atoms with E-state index in [0.29, 0.717) is 12.5 Å². The van der Waals surface area contributed by atoms with Crippen LogP contribution < -0.4 is 21.3 Å². The van der Waals surface area contributed by atoms with Gasteiger partial charge in [0.25, 0.3) is 0 Å². The number of aromatic nitrogens is 2. The number of nitrogens with two attached hydrogens (primary N) is 1. The second kappa shape index (κ2) is 6.98. The van der Waals surface area contributed by atoms with Crippen LogP contribution in [0.5, 0.6) is 0 Å². The fraction of sp³-hybridized carbons (Fsp3) is 0.400. The molecule has 1 saturated carbocycles. The molecule has 0 saturated heterocycles. The van der Waals surface area contributed by atoms with Crippen molar-refractivity contribution in [1.29, 1.82) is 0 Å². The Hall–Kier alpha value is -2.38. The van der Waals surface area contributed by atoms with Gasteiger partial charge in [-0.1, -0.05) is 0 Å². The van der Waals surface area contributed by atoms with E-state index in [1.807, 2.05) is 19.2 Å². The molecule has 27 heavy (non-hydrogen) atoms. The summed E-state index contributed by atoms with van der Waals surface area (Å²) in [4.78, 5) is 12.7. The third kappa shape index (κ3) is 3.84. The van der Waals surface area contributed by atoms with Crippen molar-refractivity contribution in [1.82, 2.24) is 9.97 Å². The van der Waals surface area contributed by atoms with E-state index in [1.165, 1.54) is 18.4 Å². The number of thiophene rings is 1. The Kier molecular flexibility index (Phi) is 4.65. The van der Waals surface area contributed by atoms with Crippen molar-refractivity contribution in [3.05, 3.63) is 35.2 Å². The predicted molar refractivity (Wildman–Crippen MR) is 115 cm³/mol. The number of aryl methyl sites for hydroxylation is 1. The van der Waals surface area contributed by atoms with E-state index in [1.54, 1.807) is 11.3 Å². The van der Waals surface area contributed by atoms with E-state index < -0.39 is 0 Å². The van der Waals surface area contributed by atoms with Crippen LogP contribution in [0.4, 0.5) is 23.1 Å². The van der Waals surface area contributed by atoms with Crippen LogP contribution in [0.25, 0.3) is 10.2 Å². The second-order valence-corrected chi connectivity index (χ2v) is 8.42. The van der Waals surface area contributed by atoms with Gasteiger partial charge in [0.15, 0.2) is 0 Å². The standard InChI is InChI=1S/C20H26N6S/c1-13-12-27-18-16(13)17(25-20(2)8-9-20)23-19(24-18)22-14-4-6-15(7-5-14)26(3)11-10-21/h4-7,12H,8-11,21H2,1-3H3,(H2,22,23,24,25). The van der Waals surface area contributed by atoms with Gasteiger partial charge in [-0.15, -0.1) is 11.3 Å². The number of nitrogens with zero attached hydrogens (tertiary/aromatic N) is 3. The lowest BCUT2D eigenvalue weighted by molar-refractivity contribution is 0.823. The molecule has 1 fully saturated rings. The number of benzene rings is 1. The molecule has 4 N–H and O–H groups in total. The summed E-state index contributed by atoms with van der Waals surface area (Å²) in [7, 11) is 2.04. The molecular formula is C20H26N6S. The Morgan fingerprint density at radius 3 is 2.63 bits per heavy atom. The highest BCUT2D eigenvalue weighted by Gasteiger charge is 2.38. The molecule has 0 atom stereocenters. The molecule has 0 bridgehead atoms. The molecule has 1 aliphatic rings. The van der Waals surface area contributed by atoms with Crippen LogP contribution in [-0.4, -0.2) is 35.6 Å². The first-order chi connectivity index (χ1) is 13.0. The first-order valence-electron chi connectivity index (χ1n) is 9.30. The molecule has 1 aromatic carbocycles. The largest absolute Gasteiger partial charge is 0.373 e. The Morgan fingerprint density at radius 1 is 1.22 bits per heavy atom. The maximum Gasteiger partial charge on any atom is 0.230 e. The number of anilines is 4. The third-order valence-corrected chi connectivity index (χ3v) is 6.06. The molecule has 2 heterocycles. The number of nitrogens with one attached hydrogen (secondary N) is 2. The topological polar surface area (TPSA) is 79.1 Å². The van der Waals surface area contributed by atoms with Crippen molar-refractivity contribution < 1.29 is 0 Å². The van der Waals surface area contributed by atoms with Gasteiger partial charge >= 0.3 is 0 Å². The normalized spacial score (nSPS) is 15.0. The molecule has 1 aliphatic carbocycles. The van der Waals surface area contributed by atoms with E-state index in [0.717, 1.165) is 34.0 Å².